The van der Waals surface area contributed by atoms with Gasteiger partial charge in [-0.2, -0.15) is 4.31 Å². The number of rotatable bonds is 6. The number of thiophene rings is 1. The Hall–Kier alpha value is -0.210. The fourth-order valence-electron chi connectivity index (χ4n) is 1.15. The maximum atomic E-state index is 12.1. The minimum atomic E-state index is -3.54. The number of aliphatic hydroxyl groups excluding tert-OH is 1. The fourth-order valence-corrected chi connectivity index (χ4v) is 5.00. The molecule has 0 unspecified atom stereocenters. The van der Waals surface area contributed by atoms with Crippen LogP contribution in [0.3, 0.4) is 0 Å². The molecule has 1 aromatic heterocycles. The minimum Gasteiger partial charge on any atom is -0.395 e. The molecule has 1 aromatic rings. The van der Waals surface area contributed by atoms with Gasteiger partial charge in [0.1, 0.15) is 4.21 Å². The van der Waals surface area contributed by atoms with Gasteiger partial charge in [0, 0.05) is 17.6 Å². The Labute approximate surface area is 107 Å². The van der Waals surface area contributed by atoms with Gasteiger partial charge >= 0.3 is 0 Å². The maximum Gasteiger partial charge on any atom is 0.254 e. The van der Waals surface area contributed by atoms with E-state index in [-0.39, 0.29) is 23.9 Å². The van der Waals surface area contributed by atoms with Gasteiger partial charge in [-0.25, -0.2) is 8.42 Å². The van der Waals surface area contributed by atoms with E-state index in [2.05, 4.69) is 22.5 Å². The van der Waals surface area contributed by atoms with Crippen LogP contribution in [0.4, 0.5) is 0 Å². The number of hydrogen-bond donors (Lipinski definition) is 1. The van der Waals surface area contributed by atoms with E-state index in [0.29, 0.717) is 4.47 Å². The number of sulfonamides is 1. The van der Waals surface area contributed by atoms with Gasteiger partial charge in [0.05, 0.1) is 6.61 Å². The monoisotopic (exact) mass is 325 g/mol. The summed E-state index contributed by atoms with van der Waals surface area (Å²) in [6, 6.07) is 1.68. The van der Waals surface area contributed by atoms with Gasteiger partial charge in [0.25, 0.3) is 10.0 Å². The van der Waals surface area contributed by atoms with E-state index >= 15 is 0 Å². The highest BCUT2D eigenvalue weighted by atomic mass is 79.9. The minimum absolute atomic E-state index is 0.0681. The Morgan fingerprint density at radius 2 is 2.31 bits per heavy atom. The van der Waals surface area contributed by atoms with E-state index in [1.54, 1.807) is 11.4 Å². The second-order valence-electron chi connectivity index (χ2n) is 2.93. The van der Waals surface area contributed by atoms with E-state index in [4.69, 9.17) is 5.11 Å². The molecule has 7 heteroatoms. The van der Waals surface area contributed by atoms with Crippen molar-refractivity contribution in [3.8, 4) is 0 Å². The summed E-state index contributed by atoms with van der Waals surface area (Å²) in [4.78, 5) is 0. The lowest BCUT2D eigenvalue weighted by Crippen LogP contribution is -2.33. The van der Waals surface area contributed by atoms with Gasteiger partial charge in [0.15, 0.2) is 0 Å². The molecule has 0 aliphatic heterocycles. The van der Waals surface area contributed by atoms with Crippen LogP contribution >= 0.6 is 27.3 Å². The average molecular weight is 326 g/mol. The second-order valence-corrected chi connectivity index (χ2v) is 6.83. The number of hydrogen-bond acceptors (Lipinski definition) is 4. The number of halogens is 1. The topological polar surface area (TPSA) is 57.6 Å². The molecule has 0 fully saturated rings. The largest absolute Gasteiger partial charge is 0.395 e. The van der Waals surface area contributed by atoms with Gasteiger partial charge in [-0.3, -0.25) is 0 Å². The van der Waals surface area contributed by atoms with Crippen molar-refractivity contribution in [2.75, 3.05) is 19.7 Å². The van der Waals surface area contributed by atoms with Crippen molar-refractivity contribution in [1.29, 1.82) is 0 Å². The Morgan fingerprint density at radius 1 is 1.62 bits per heavy atom. The summed E-state index contributed by atoms with van der Waals surface area (Å²) < 4.78 is 26.3. The summed E-state index contributed by atoms with van der Waals surface area (Å²) in [7, 11) is -3.54. The summed E-state index contributed by atoms with van der Waals surface area (Å²) in [5, 5.41) is 10.5. The molecule has 0 amide bonds. The zero-order valence-electron chi connectivity index (χ0n) is 8.47. The molecule has 0 aromatic carbocycles. The molecule has 4 nitrogen and oxygen atoms in total. The first kappa shape index (κ1) is 13.9. The molecule has 0 spiro atoms. The molecule has 0 aliphatic carbocycles. The van der Waals surface area contributed by atoms with Crippen LogP contribution in [0.15, 0.2) is 32.8 Å². The smallest absolute Gasteiger partial charge is 0.254 e. The van der Waals surface area contributed by atoms with Crippen LogP contribution < -0.4 is 0 Å². The van der Waals surface area contributed by atoms with E-state index < -0.39 is 10.0 Å². The SMILES string of the molecule is C=CCN(CCO)S(=O)(=O)c1sccc1Br. The fraction of sp³-hybridized carbons (Fsp3) is 0.333. The van der Waals surface area contributed by atoms with Crippen LogP contribution in [0.2, 0.25) is 0 Å². The van der Waals surface area contributed by atoms with Crippen molar-refractivity contribution in [2.24, 2.45) is 0 Å². The highest BCUT2D eigenvalue weighted by Crippen LogP contribution is 2.30. The molecule has 0 saturated carbocycles. The number of nitrogens with zero attached hydrogens (tertiary/aromatic N) is 1. The molecular weight excluding hydrogens is 314 g/mol. The summed E-state index contributed by atoms with van der Waals surface area (Å²) in [5.74, 6) is 0. The molecule has 90 valence electrons. The standard InChI is InChI=1S/C9H12BrNO3S2/c1-2-4-11(5-6-12)16(13,14)9-8(10)3-7-15-9/h2-3,7,12H,1,4-6H2. The quantitative estimate of drug-likeness (QED) is 0.809. The molecule has 0 radical (unpaired) electrons. The third-order valence-corrected chi connectivity index (χ3v) is 6.35. The molecule has 1 rings (SSSR count). The number of aliphatic hydroxyl groups is 1. The average Bonchev–Trinajstić information content (AvgIpc) is 2.65. The molecule has 0 saturated heterocycles. The normalized spacial score (nSPS) is 11.9. The Morgan fingerprint density at radius 3 is 2.75 bits per heavy atom. The third-order valence-electron chi connectivity index (χ3n) is 1.84. The summed E-state index contributed by atoms with van der Waals surface area (Å²) in [6.07, 6.45) is 1.49. The van der Waals surface area contributed by atoms with Crippen molar-refractivity contribution in [3.63, 3.8) is 0 Å². The van der Waals surface area contributed by atoms with E-state index in [1.807, 2.05) is 0 Å². The van der Waals surface area contributed by atoms with Crippen LogP contribution in [0.5, 0.6) is 0 Å². The van der Waals surface area contributed by atoms with Gasteiger partial charge in [0.2, 0.25) is 0 Å². The predicted octanol–water partition coefficient (Wildman–Crippen LogP) is 1.68. The summed E-state index contributed by atoms with van der Waals surface area (Å²) >= 11 is 4.33. The molecule has 0 atom stereocenters. The van der Waals surface area contributed by atoms with Crippen LogP contribution in [0.1, 0.15) is 0 Å². The van der Waals surface area contributed by atoms with Gasteiger partial charge < -0.3 is 5.11 Å². The zero-order chi connectivity index (χ0) is 12.2. The van der Waals surface area contributed by atoms with Crippen molar-refractivity contribution in [3.05, 3.63) is 28.6 Å². The van der Waals surface area contributed by atoms with E-state index in [1.165, 1.54) is 10.4 Å². The summed E-state index contributed by atoms with van der Waals surface area (Å²) in [6.45, 7) is 3.55. The molecule has 1 N–H and O–H groups in total. The lowest BCUT2D eigenvalue weighted by molar-refractivity contribution is 0.260. The highest BCUT2D eigenvalue weighted by Gasteiger charge is 2.26. The first-order valence-electron chi connectivity index (χ1n) is 4.49. The highest BCUT2D eigenvalue weighted by molar-refractivity contribution is 9.10. The Bertz CT molecular complexity index is 455. The van der Waals surface area contributed by atoms with Crippen molar-refractivity contribution in [1.82, 2.24) is 4.31 Å². The van der Waals surface area contributed by atoms with Crippen LogP contribution in [-0.2, 0) is 10.0 Å². The van der Waals surface area contributed by atoms with Crippen LogP contribution in [0, 0.1) is 0 Å². The van der Waals surface area contributed by atoms with E-state index in [0.717, 1.165) is 11.3 Å². The maximum absolute atomic E-state index is 12.1. The predicted molar refractivity (Wildman–Crippen MR) is 68.1 cm³/mol. The van der Waals surface area contributed by atoms with Gasteiger partial charge in [-0.1, -0.05) is 6.08 Å². The second kappa shape index (κ2) is 5.92. The molecule has 0 aliphatic rings. The molecule has 0 bridgehead atoms. The molecular formula is C9H12BrNO3S2. The lowest BCUT2D eigenvalue weighted by Gasteiger charge is -2.18. The van der Waals surface area contributed by atoms with Crippen molar-refractivity contribution in [2.45, 2.75) is 4.21 Å². The van der Waals surface area contributed by atoms with Gasteiger partial charge in [-0.05, 0) is 27.4 Å². The van der Waals surface area contributed by atoms with Crippen molar-refractivity contribution >= 4 is 37.3 Å². The molecule has 16 heavy (non-hydrogen) atoms. The first-order chi connectivity index (χ1) is 7.54. The zero-order valence-corrected chi connectivity index (χ0v) is 11.7. The first-order valence-corrected chi connectivity index (χ1v) is 7.60. The van der Waals surface area contributed by atoms with Crippen LogP contribution in [0.25, 0.3) is 0 Å². The van der Waals surface area contributed by atoms with Crippen molar-refractivity contribution < 1.29 is 13.5 Å². The third kappa shape index (κ3) is 2.92. The van der Waals surface area contributed by atoms with Gasteiger partial charge in [-0.15, -0.1) is 17.9 Å². The Balaban J connectivity index is 3.07. The van der Waals surface area contributed by atoms with E-state index in [9.17, 15) is 8.42 Å². The van der Waals surface area contributed by atoms with Crippen LogP contribution in [-0.4, -0.2) is 37.5 Å². The lowest BCUT2D eigenvalue weighted by atomic mass is 10.6. The summed E-state index contributed by atoms with van der Waals surface area (Å²) in [5.41, 5.74) is 0. The Kier molecular flexibility index (Phi) is 5.13. The molecule has 1 heterocycles.